The lowest BCUT2D eigenvalue weighted by atomic mass is 10.2. The number of para-hydroxylation sites is 1. The van der Waals surface area contributed by atoms with E-state index in [0.717, 1.165) is 0 Å². The minimum Gasteiger partial charge on any atom is -0.478 e. The first kappa shape index (κ1) is 16.8. The third-order valence-electron chi connectivity index (χ3n) is 3.57. The minimum absolute atomic E-state index is 0.0163. The first-order valence-corrected chi connectivity index (χ1v) is 7.69. The van der Waals surface area contributed by atoms with Crippen molar-refractivity contribution >= 4 is 40.8 Å². The van der Waals surface area contributed by atoms with Crippen LogP contribution in [0.5, 0.6) is 5.75 Å². The van der Waals surface area contributed by atoms with Gasteiger partial charge in [0.1, 0.15) is 6.54 Å². The number of benzene rings is 2. The van der Waals surface area contributed by atoms with E-state index in [4.69, 9.17) is 21.4 Å². The summed E-state index contributed by atoms with van der Waals surface area (Å²) in [6, 6.07) is 10.8. The van der Waals surface area contributed by atoms with Gasteiger partial charge in [0.2, 0.25) is 5.91 Å². The number of rotatable bonds is 4. The molecule has 0 unspecified atom stereocenters. The van der Waals surface area contributed by atoms with E-state index in [9.17, 15) is 14.4 Å². The molecule has 1 amide bonds. The van der Waals surface area contributed by atoms with Crippen LogP contribution >= 0.6 is 11.6 Å². The molecule has 2 N–H and O–H groups in total. The fourth-order valence-electron chi connectivity index (χ4n) is 2.50. The second-order valence-corrected chi connectivity index (χ2v) is 5.78. The van der Waals surface area contributed by atoms with E-state index in [1.807, 2.05) is 0 Å². The summed E-state index contributed by atoms with van der Waals surface area (Å²) in [5, 5.41) is 12.2. The number of nitrogens with one attached hydrogen (secondary N) is 1. The molecule has 2 aromatic carbocycles. The standard InChI is InChI=1S/C17H13ClN2O5/c18-10-5-6-14-13(7-10)20(9-16(22)25-14)8-15(21)19-12-4-2-1-3-11(12)17(23)24/h1-7H,8-9H2,(H,19,21)(H,23,24). The van der Waals surface area contributed by atoms with E-state index >= 15 is 0 Å². The molecule has 0 fully saturated rings. The molecule has 0 saturated heterocycles. The molecular formula is C17H13ClN2O5. The molecule has 0 aromatic heterocycles. The molecule has 0 spiro atoms. The molecule has 1 aliphatic heterocycles. The van der Waals surface area contributed by atoms with Crippen molar-refractivity contribution in [1.82, 2.24) is 0 Å². The first-order valence-electron chi connectivity index (χ1n) is 7.31. The van der Waals surface area contributed by atoms with E-state index in [-0.39, 0.29) is 24.3 Å². The number of carbonyl (C=O) groups excluding carboxylic acids is 2. The Kier molecular flexibility index (Phi) is 4.58. The molecule has 25 heavy (non-hydrogen) atoms. The highest BCUT2D eigenvalue weighted by Gasteiger charge is 2.26. The summed E-state index contributed by atoms with van der Waals surface area (Å²) in [6.07, 6.45) is 0. The molecule has 0 radical (unpaired) electrons. The average Bonchev–Trinajstić information content (AvgIpc) is 2.55. The number of hydrogen-bond acceptors (Lipinski definition) is 5. The van der Waals surface area contributed by atoms with E-state index < -0.39 is 17.8 Å². The Labute approximate surface area is 147 Å². The molecule has 2 aromatic rings. The van der Waals surface area contributed by atoms with Gasteiger partial charge in [0.25, 0.3) is 0 Å². The van der Waals surface area contributed by atoms with Crippen molar-refractivity contribution in [2.75, 3.05) is 23.3 Å². The lowest BCUT2D eigenvalue weighted by Crippen LogP contribution is -2.41. The monoisotopic (exact) mass is 360 g/mol. The Morgan fingerprint density at radius 2 is 2.00 bits per heavy atom. The molecule has 0 aliphatic carbocycles. The fourth-order valence-corrected chi connectivity index (χ4v) is 2.67. The predicted molar refractivity (Wildman–Crippen MR) is 91.3 cm³/mol. The number of amides is 1. The molecular weight excluding hydrogens is 348 g/mol. The van der Waals surface area contributed by atoms with E-state index in [1.165, 1.54) is 17.0 Å². The Bertz CT molecular complexity index is 868. The summed E-state index contributed by atoms with van der Waals surface area (Å²) in [6.45, 7) is -0.266. The zero-order valence-electron chi connectivity index (χ0n) is 12.9. The second kappa shape index (κ2) is 6.82. The molecule has 7 nitrogen and oxygen atoms in total. The summed E-state index contributed by atoms with van der Waals surface area (Å²) < 4.78 is 5.12. The van der Waals surface area contributed by atoms with Crippen molar-refractivity contribution < 1.29 is 24.2 Å². The first-order chi connectivity index (χ1) is 11.9. The molecule has 3 rings (SSSR count). The van der Waals surface area contributed by atoms with Gasteiger partial charge < -0.3 is 20.1 Å². The number of nitrogens with zero attached hydrogens (tertiary/aromatic N) is 1. The Morgan fingerprint density at radius 1 is 1.24 bits per heavy atom. The second-order valence-electron chi connectivity index (χ2n) is 5.34. The van der Waals surface area contributed by atoms with E-state index in [2.05, 4.69) is 5.32 Å². The van der Waals surface area contributed by atoms with Gasteiger partial charge in [-0.15, -0.1) is 0 Å². The highest BCUT2D eigenvalue weighted by atomic mass is 35.5. The van der Waals surface area contributed by atoms with Crippen molar-refractivity contribution in [3.05, 3.63) is 53.1 Å². The van der Waals surface area contributed by atoms with Crippen LogP contribution in [0.25, 0.3) is 0 Å². The number of aromatic carboxylic acids is 1. The van der Waals surface area contributed by atoms with Crippen LogP contribution in [0.3, 0.4) is 0 Å². The maximum atomic E-state index is 12.3. The maximum absolute atomic E-state index is 12.3. The van der Waals surface area contributed by atoms with Gasteiger partial charge in [-0.05, 0) is 30.3 Å². The van der Waals surface area contributed by atoms with Gasteiger partial charge in [-0.25, -0.2) is 9.59 Å². The van der Waals surface area contributed by atoms with Gasteiger partial charge in [-0.1, -0.05) is 23.7 Å². The van der Waals surface area contributed by atoms with Crippen LogP contribution in [0, 0.1) is 0 Å². The van der Waals surface area contributed by atoms with Gasteiger partial charge >= 0.3 is 11.9 Å². The van der Waals surface area contributed by atoms with Crippen LogP contribution in [0.2, 0.25) is 5.02 Å². The van der Waals surface area contributed by atoms with Crippen LogP contribution < -0.4 is 15.0 Å². The number of hydrogen-bond donors (Lipinski definition) is 2. The number of carboxylic acid groups (broad SMARTS) is 1. The zero-order chi connectivity index (χ0) is 18.0. The summed E-state index contributed by atoms with van der Waals surface area (Å²) >= 11 is 5.97. The minimum atomic E-state index is -1.14. The molecule has 1 heterocycles. The average molecular weight is 361 g/mol. The molecule has 0 saturated carbocycles. The SMILES string of the molecule is O=C(CN1CC(=O)Oc2ccc(Cl)cc21)Nc1ccccc1C(=O)O. The highest BCUT2D eigenvalue weighted by molar-refractivity contribution is 6.31. The molecule has 0 bridgehead atoms. The fraction of sp³-hybridized carbons (Fsp3) is 0.118. The Balaban J connectivity index is 1.79. The van der Waals surface area contributed by atoms with E-state index in [1.54, 1.807) is 30.3 Å². The largest absolute Gasteiger partial charge is 0.478 e. The number of fused-ring (bicyclic) bond motifs is 1. The summed E-state index contributed by atoms with van der Waals surface area (Å²) in [5.74, 6) is -1.78. The number of ether oxygens (including phenoxy) is 1. The number of esters is 1. The van der Waals surface area contributed by atoms with Gasteiger partial charge in [0, 0.05) is 5.02 Å². The normalized spacial score (nSPS) is 13.0. The van der Waals surface area contributed by atoms with Crippen LogP contribution in [-0.2, 0) is 9.59 Å². The summed E-state index contributed by atoms with van der Waals surface area (Å²) in [5.41, 5.74) is 0.692. The van der Waals surface area contributed by atoms with E-state index in [0.29, 0.717) is 16.5 Å². The van der Waals surface area contributed by atoms with Gasteiger partial charge in [0.05, 0.1) is 23.5 Å². The van der Waals surface area contributed by atoms with Crippen LogP contribution in [0.15, 0.2) is 42.5 Å². The molecule has 128 valence electrons. The molecule has 1 aliphatic rings. The topological polar surface area (TPSA) is 95.9 Å². The Hall–Kier alpha value is -3.06. The smallest absolute Gasteiger partial charge is 0.337 e. The quantitative estimate of drug-likeness (QED) is 0.642. The van der Waals surface area contributed by atoms with Crippen molar-refractivity contribution in [2.45, 2.75) is 0 Å². The molecule has 0 atom stereocenters. The highest BCUT2D eigenvalue weighted by Crippen LogP contribution is 2.34. The van der Waals surface area contributed by atoms with Gasteiger partial charge in [0.15, 0.2) is 5.75 Å². The third-order valence-corrected chi connectivity index (χ3v) is 3.81. The number of carboxylic acids is 1. The maximum Gasteiger partial charge on any atom is 0.337 e. The van der Waals surface area contributed by atoms with Gasteiger partial charge in [-0.3, -0.25) is 4.79 Å². The van der Waals surface area contributed by atoms with Gasteiger partial charge in [-0.2, -0.15) is 0 Å². The van der Waals surface area contributed by atoms with Crippen LogP contribution in [-0.4, -0.2) is 36.0 Å². The number of anilines is 2. The van der Waals surface area contributed by atoms with Crippen molar-refractivity contribution in [2.24, 2.45) is 0 Å². The lowest BCUT2D eigenvalue weighted by Gasteiger charge is -2.29. The van der Waals surface area contributed by atoms with Crippen molar-refractivity contribution in [3.8, 4) is 5.75 Å². The predicted octanol–water partition coefficient (Wildman–Crippen LogP) is 2.40. The number of carbonyl (C=O) groups is 3. The third kappa shape index (κ3) is 3.72. The van der Waals surface area contributed by atoms with Crippen molar-refractivity contribution in [3.63, 3.8) is 0 Å². The van der Waals surface area contributed by atoms with Crippen LogP contribution in [0.4, 0.5) is 11.4 Å². The molecule has 8 heteroatoms. The zero-order valence-corrected chi connectivity index (χ0v) is 13.6. The van der Waals surface area contributed by atoms with Crippen LogP contribution in [0.1, 0.15) is 10.4 Å². The summed E-state index contributed by atoms with van der Waals surface area (Å²) in [4.78, 5) is 36.7. The summed E-state index contributed by atoms with van der Waals surface area (Å²) in [7, 11) is 0. The Morgan fingerprint density at radius 3 is 2.76 bits per heavy atom. The van der Waals surface area contributed by atoms with Crippen molar-refractivity contribution in [1.29, 1.82) is 0 Å². The lowest BCUT2D eigenvalue weighted by molar-refractivity contribution is -0.133. The number of halogens is 1.